The van der Waals surface area contributed by atoms with E-state index in [0.717, 1.165) is 18.1 Å². The first-order chi connectivity index (χ1) is 6.64. The van der Waals surface area contributed by atoms with Crippen LogP contribution in [0.25, 0.3) is 0 Å². The van der Waals surface area contributed by atoms with E-state index in [-0.39, 0.29) is 6.09 Å². The van der Waals surface area contributed by atoms with E-state index < -0.39 is 8.32 Å². The Balaban J connectivity index is 4.14. The molecule has 0 aromatic carbocycles. The third-order valence-corrected chi connectivity index (χ3v) is 7.12. The maximum atomic E-state index is 11.3. The molecule has 14 heavy (non-hydrogen) atoms. The molecule has 0 saturated carbocycles. The summed E-state index contributed by atoms with van der Waals surface area (Å²) in [5.74, 6) is 0. The molecule has 0 aromatic heterocycles. The molecule has 1 N–H and O–H groups in total. The van der Waals surface area contributed by atoms with Crippen LogP contribution in [0.2, 0.25) is 18.1 Å². The highest BCUT2D eigenvalue weighted by atomic mass is 28.4. The van der Waals surface area contributed by atoms with Crippen molar-refractivity contribution in [2.75, 3.05) is 6.54 Å². The SMILES string of the molecule is C=CCNC(=O)O[Si](CC)(CC)CC. The van der Waals surface area contributed by atoms with Crippen LogP contribution < -0.4 is 5.32 Å². The number of carbonyl (C=O) groups excluding carboxylic acids is 1. The van der Waals surface area contributed by atoms with Crippen molar-refractivity contribution in [2.45, 2.75) is 38.9 Å². The van der Waals surface area contributed by atoms with Gasteiger partial charge in [-0.2, -0.15) is 0 Å². The molecule has 0 aromatic rings. The Morgan fingerprint density at radius 2 is 1.86 bits per heavy atom. The molecule has 0 rings (SSSR count). The zero-order chi connectivity index (χ0) is 11.0. The van der Waals surface area contributed by atoms with Crippen LogP contribution in [-0.4, -0.2) is 21.0 Å². The third-order valence-electron chi connectivity index (χ3n) is 2.63. The van der Waals surface area contributed by atoms with Crippen LogP contribution in [0.3, 0.4) is 0 Å². The van der Waals surface area contributed by atoms with Crippen molar-refractivity contribution in [3.8, 4) is 0 Å². The van der Waals surface area contributed by atoms with Crippen LogP contribution in [0.1, 0.15) is 20.8 Å². The lowest BCUT2D eigenvalue weighted by atomic mass is 10.6. The van der Waals surface area contributed by atoms with E-state index in [0.29, 0.717) is 6.54 Å². The Kier molecular flexibility index (Phi) is 6.28. The summed E-state index contributed by atoms with van der Waals surface area (Å²) in [5, 5.41) is 2.65. The van der Waals surface area contributed by atoms with Crippen molar-refractivity contribution in [3.63, 3.8) is 0 Å². The van der Waals surface area contributed by atoms with Crippen LogP contribution in [0.5, 0.6) is 0 Å². The molecule has 0 unspecified atom stereocenters. The number of rotatable bonds is 6. The fourth-order valence-corrected chi connectivity index (χ4v) is 3.75. The predicted octanol–water partition coefficient (Wildman–Crippen LogP) is 2.90. The maximum Gasteiger partial charge on any atom is 0.393 e. The number of hydrogen-bond donors (Lipinski definition) is 1. The Bertz CT molecular complexity index is 182. The normalized spacial score (nSPS) is 10.8. The molecule has 0 spiro atoms. The van der Waals surface area contributed by atoms with E-state index >= 15 is 0 Å². The van der Waals surface area contributed by atoms with Crippen LogP contribution in [0.15, 0.2) is 12.7 Å². The second-order valence-electron chi connectivity index (χ2n) is 3.30. The van der Waals surface area contributed by atoms with Gasteiger partial charge in [-0.05, 0) is 18.1 Å². The van der Waals surface area contributed by atoms with E-state index in [1.165, 1.54) is 0 Å². The Labute approximate surface area is 87.7 Å². The van der Waals surface area contributed by atoms with Gasteiger partial charge in [0.25, 0.3) is 8.32 Å². The van der Waals surface area contributed by atoms with Gasteiger partial charge in [0.2, 0.25) is 0 Å². The van der Waals surface area contributed by atoms with Crippen molar-refractivity contribution >= 4 is 14.4 Å². The fourth-order valence-electron chi connectivity index (χ4n) is 1.35. The summed E-state index contributed by atoms with van der Waals surface area (Å²) in [6, 6.07) is 2.96. The van der Waals surface area contributed by atoms with Crippen molar-refractivity contribution in [1.29, 1.82) is 0 Å². The Morgan fingerprint density at radius 3 is 2.21 bits per heavy atom. The van der Waals surface area contributed by atoms with Gasteiger partial charge in [-0.15, -0.1) is 6.58 Å². The molecule has 4 heteroatoms. The molecule has 0 bridgehead atoms. The van der Waals surface area contributed by atoms with E-state index in [1.54, 1.807) is 6.08 Å². The fraction of sp³-hybridized carbons (Fsp3) is 0.700. The molecule has 0 aliphatic carbocycles. The Morgan fingerprint density at radius 1 is 1.36 bits per heavy atom. The first kappa shape index (κ1) is 13.2. The lowest BCUT2D eigenvalue weighted by Crippen LogP contribution is -2.42. The van der Waals surface area contributed by atoms with Crippen molar-refractivity contribution in [1.82, 2.24) is 5.32 Å². The highest BCUT2D eigenvalue weighted by Gasteiger charge is 2.32. The van der Waals surface area contributed by atoms with E-state index in [2.05, 4.69) is 32.7 Å². The lowest BCUT2D eigenvalue weighted by Gasteiger charge is -2.27. The smallest absolute Gasteiger partial charge is 0.393 e. The predicted molar refractivity (Wildman–Crippen MR) is 61.9 cm³/mol. The molecule has 0 atom stereocenters. The van der Waals surface area contributed by atoms with E-state index in [1.807, 2.05) is 0 Å². The van der Waals surface area contributed by atoms with Gasteiger partial charge in [-0.25, -0.2) is 4.79 Å². The summed E-state index contributed by atoms with van der Waals surface area (Å²) >= 11 is 0. The summed E-state index contributed by atoms with van der Waals surface area (Å²) in [4.78, 5) is 11.3. The van der Waals surface area contributed by atoms with Gasteiger partial charge in [-0.1, -0.05) is 26.8 Å². The van der Waals surface area contributed by atoms with Gasteiger partial charge < -0.3 is 9.74 Å². The number of amides is 1. The van der Waals surface area contributed by atoms with E-state index in [4.69, 9.17) is 4.43 Å². The minimum absolute atomic E-state index is 0.290. The molecule has 1 amide bonds. The third kappa shape index (κ3) is 3.96. The molecule has 0 heterocycles. The standard InChI is InChI=1S/C10H21NO2Si/c1-5-9-11-10(12)13-14(6-2,7-3)8-4/h5H,1,6-9H2,2-4H3,(H,11,12). The van der Waals surface area contributed by atoms with Crippen molar-refractivity contribution < 1.29 is 9.22 Å². The highest BCUT2D eigenvalue weighted by molar-refractivity contribution is 6.74. The number of nitrogens with one attached hydrogen (secondary N) is 1. The van der Waals surface area contributed by atoms with E-state index in [9.17, 15) is 4.79 Å². The summed E-state index contributed by atoms with van der Waals surface area (Å²) in [7, 11) is -1.78. The molecular formula is C10H21NO2Si. The highest BCUT2D eigenvalue weighted by Crippen LogP contribution is 2.21. The largest absolute Gasteiger partial charge is 0.504 e. The average molecular weight is 215 g/mol. The molecule has 82 valence electrons. The number of carbonyl (C=O) groups is 1. The second kappa shape index (κ2) is 6.65. The first-order valence-electron chi connectivity index (χ1n) is 5.21. The molecular weight excluding hydrogens is 194 g/mol. The Hall–Kier alpha value is -0.773. The first-order valence-corrected chi connectivity index (χ1v) is 7.74. The molecule has 0 saturated heterocycles. The summed E-state index contributed by atoms with van der Waals surface area (Å²) in [6.07, 6.45) is 1.36. The van der Waals surface area contributed by atoms with Gasteiger partial charge >= 0.3 is 6.09 Å². The minimum atomic E-state index is -1.78. The van der Waals surface area contributed by atoms with Gasteiger partial charge in [0, 0.05) is 6.54 Å². The lowest BCUT2D eigenvalue weighted by molar-refractivity contribution is 0.198. The molecule has 0 aliphatic rings. The van der Waals surface area contributed by atoms with Gasteiger partial charge in [0.05, 0.1) is 0 Å². The van der Waals surface area contributed by atoms with Crippen molar-refractivity contribution in [2.24, 2.45) is 0 Å². The summed E-state index contributed by atoms with van der Waals surface area (Å²) in [6.45, 7) is 10.3. The summed E-state index contributed by atoms with van der Waals surface area (Å²) < 4.78 is 5.53. The zero-order valence-corrected chi connectivity index (χ0v) is 10.4. The maximum absolute atomic E-state index is 11.3. The molecule has 3 nitrogen and oxygen atoms in total. The topological polar surface area (TPSA) is 38.3 Å². The average Bonchev–Trinajstić information content (AvgIpc) is 2.23. The van der Waals surface area contributed by atoms with Crippen LogP contribution in [0, 0.1) is 0 Å². The van der Waals surface area contributed by atoms with Gasteiger partial charge in [-0.3, -0.25) is 0 Å². The van der Waals surface area contributed by atoms with Crippen LogP contribution in [-0.2, 0) is 4.43 Å². The molecule has 0 fully saturated rings. The van der Waals surface area contributed by atoms with Gasteiger partial charge in [0.1, 0.15) is 0 Å². The van der Waals surface area contributed by atoms with Crippen LogP contribution >= 0.6 is 0 Å². The number of hydrogen-bond acceptors (Lipinski definition) is 2. The minimum Gasteiger partial charge on any atom is -0.504 e. The second-order valence-corrected chi connectivity index (χ2v) is 7.99. The van der Waals surface area contributed by atoms with Gasteiger partial charge in [0.15, 0.2) is 0 Å². The van der Waals surface area contributed by atoms with Crippen LogP contribution in [0.4, 0.5) is 4.79 Å². The summed E-state index contributed by atoms with van der Waals surface area (Å²) in [5.41, 5.74) is 0. The molecule has 0 radical (unpaired) electrons. The quantitative estimate of drug-likeness (QED) is 0.546. The molecule has 0 aliphatic heterocycles. The zero-order valence-electron chi connectivity index (χ0n) is 9.43. The monoisotopic (exact) mass is 215 g/mol. The van der Waals surface area contributed by atoms with Crippen molar-refractivity contribution in [3.05, 3.63) is 12.7 Å².